The Bertz CT molecular complexity index is 354. The van der Waals surface area contributed by atoms with Crippen molar-refractivity contribution in [2.75, 3.05) is 19.4 Å². The zero-order chi connectivity index (χ0) is 11.4. The van der Waals surface area contributed by atoms with E-state index in [1.165, 1.54) is 0 Å². The van der Waals surface area contributed by atoms with Crippen LogP contribution in [0.15, 0.2) is 22.9 Å². The van der Waals surface area contributed by atoms with Gasteiger partial charge in [-0.05, 0) is 28.9 Å². The number of anilines is 1. The zero-order valence-electron chi connectivity index (χ0n) is 8.99. The highest BCUT2D eigenvalue weighted by Gasteiger charge is 2.14. The molecule has 1 aromatic heterocycles. The number of amides is 1. The van der Waals surface area contributed by atoms with Gasteiger partial charge in [0.1, 0.15) is 6.04 Å². The number of carbonyl (C=O) groups excluding carboxylic acids is 1. The zero-order valence-corrected chi connectivity index (χ0v) is 10.6. The van der Waals surface area contributed by atoms with Crippen LogP contribution < -0.4 is 5.32 Å². The van der Waals surface area contributed by atoms with E-state index in [2.05, 4.69) is 26.2 Å². The standard InChI is InChI=1S/C10H14BrN3O/c1-7(10(15)14(2)3)13-9-4-5-12-6-8(9)11/h4-7H,1-3H3,(H,12,13). The van der Waals surface area contributed by atoms with Gasteiger partial charge in [0, 0.05) is 26.5 Å². The molecule has 1 atom stereocenters. The highest BCUT2D eigenvalue weighted by molar-refractivity contribution is 9.10. The number of nitrogens with zero attached hydrogens (tertiary/aromatic N) is 2. The molecule has 1 amide bonds. The van der Waals surface area contributed by atoms with E-state index in [-0.39, 0.29) is 11.9 Å². The third-order valence-corrected chi connectivity index (χ3v) is 2.59. The van der Waals surface area contributed by atoms with Gasteiger partial charge >= 0.3 is 0 Å². The predicted molar refractivity (Wildman–Crippen MR) is 63.7 cm³/mol. The third kappa shape index (κ3) is 3.20. The van der Waals surface area contributed by atoms with Gasteiger partial charge in [0.2, 0.25) is 5.91 Å². The maximum absolute atomic E-state index is 11.6. The Morgan fingerprint density at radius 1 is 1.60 bits per heavy atom. The van der Waals surface area contributed by atoms with Gasteiger partial charge in [0.15, 0.2) is 0 Å². The molecule has 1 aromatic rings. The molecule has 0 aliphatic heterocycles. The minimum atomic E-state index is -0.251. The van der Waals surface area contributed by atoms with Crippen molar-refractivity contribution in [3.8, 4) is 0 Å². The fraction of sp³-hybridized carbons (Fsp3) is 0.400. The minimum Gasteiger partial charge on any atom is -0.373 e. The summed E-state index contributed by atoms with van der Waals surface area (Å²) in [5, 5.41) is 3.11. The number of hydrogen-bond acceptors (Lipinski definition) is 3. The van der Waals surface area contributed by atoms with Gasteiger partial charge in [-0.15, -0.1) is 0 Å². The fourth-order valence-electron chi connectivity index (χ4n) is 1.17. The molecular weight excluding hydrogens is 258 g/mol. The summed E-state index contributed by atoms with van der Waals surface area (Å²) in [5.41, 5.74) is 0.868. The van der Waals surface area contributed by atoms with Crippen molar-refractivity contribution in [1.29, 1.82) is 0 Å². The number of carbonyl (C=O) groups is 1. The molecule has 1 unspecified atom stereocenters. The maximum Gasteiger partial charge on any atom is 0.244 e. The number of aromatic nitrogens is 1. The molecule has 5 heteroatoms. The van der Waals surface area contributed by atoms with E-state index in [1.807, 2.05) is 13.0 Å². The summed E-state index contributed by atoms with van der Waals surface area (Å²) >= 11 is 3.36. The molecule has 0 bridgehead atoms. The van der Waals surface area contributed by atoms with Crippen molar-refractivity contribution < 1.29 is 4.79 Å². The number of likely N-dealkylation sites (N-methyl/N-ethyl adjacent to an activating group) is 1. The summed E-state index contributed by atoms with van der Waals surface area (Å²) in [4.78, 5) is 17.1. The Morgan fingerprint density at radius 2 is 2.27 bits per heavy atom. The van der Waals surface area contributed by atoms with Crippen LogP contribution in [0.5, 0.6) is 0 Å². The van der Waals surface area contributed by atoms with Crippen LogP contribution in [0.25, 0.3) is 0 Å². The Hall–Kier alpha value is -1.10. The molecular formula is C10H14BrN3O. The van der Waals surface area contributed by atoms with Crippen molar-refractivity contribution >= 4 is 27.5 Å². The Kier molecular flexibility index (Phi) is 4.08. The van der Waals surface area contributed by atoms with Gasteiger partial charge in [-0.1, -0.05) is 0 Å². The van der Waals surface area contributed by atoms with Crippen LogP contribution in [0.3, 0.4) is 0 Å². The molecule has 1 heterocycles. The Balaban J connectivity index is 2.71. The number of rotatable bonds is 3. The molecule has 0 aliphatic carbocycles. The van der Waals surface area contributed by atoms with E-state index in [0.29, 0.717) is 0 Å². The first kappa shape index (κ1) is 12.0. The molecule has 0 saturated heterocycles. The number of pyridine rings is 1. The minimum absolute atomic E-state index is 0.0405. The summed E-state index contributed by atoms with van der Waals surface area (Å²) in [5.74, 6) is 0.0405. The monoisotopic (exact) mass is 271 g/mol. The highest BCUT2D eigenvalue weighted by atomic mass is 79.9. The van der Waals surface area contributed by atoms with Gasteiger partial charge in [0.05, 0.1) is 10.2 Å². The second kappa shape index (κ2) is 5.11. The van der Waals surface area contributed by atoms with Gasteiger partial charge in [-0.3, -0.25) is 9.78 Å². The summed E-state index contributed by atoms with van der Waals surface area (Å²) in [7, 11) is 3.48. The number of hydrogen-bond donors (Lipinski definition) is 1. The van der Waals surface area contributed by atoms with Crippen molar-refractivity contribution in [3.63, 3.8) is 0 Å². The lowest BCUT2D eigenvalue weighted by Gasteiger charge is -2.19. The van der Waals surface area contributed by atoms with Gasteiger partial charge in [0.25, 0.3) is 0 Å². The highest BCUT2D eigenvalue weighted by Crippen LogP contribution is 2.20. The molecule has 1 N–H and O–H groups in total. The van der Waals surface area contributed by atoms with Gasteiger partial charge < -0.3 is 10.2 Å². The first-order chi connectivity index (χ1) is 7.02. The molecule has 1 rings (SSSR count). The number of nitrogens with one attached hydrogen (secondary N) is 1. The smallest absolute Gasteiger partial charge is 0.244 e. The van der Waals surface area contributed by atoms with Crippen LogP contribution >= 0.6 is 15.9 Å². The first-order valence-corrected chi connectivity index (χ1v) is 5.39. The molecule has 0 aromatic carbocycles. The van der Waals surface area contributed by atoms with Crippen LogP contribution in [0.4, 0.5) is 5.69 Å². The first-order valence-electron chi connectivity index (χ1n) is 4.59. The molecule has 0 radical (unpaired) electrons. The third-order valence-electron chi connectivity index (χ3n) is 1.96. The fourth-order valence-corrected chi connectivity index (χ4v) is 1.54. The quantitative estimate of drug-likeness (QED) is 0.911. The molecule has 0 spiro atoms. The Labute approximate surface area is 97.8 Å². The SMILES string of the molecule is CC(Nc1ccncc1Br)C(=O)N(C)C. The van der Waals surface area contributed by atoms with Crippen LogP contribution in [0, 0.1) is 0 Å². The molecule has 0 fully saturated rings. The lowest BCUT2D eigenvalue weighted by atomic mass is 10.3. The van der Waals surface area contributed by atoms with Gasteiger partial charge in [-0.2, -0.15) is 0 Å². The van der Waals surface area contributed by atoms with Crippen LogP contribution in [0.2, 0.25) is 0 Å². The van der Waals surface area contributed by atoms with Crippen LogP contribution in [-0.2, 0) is 4.79 Å². The molecule has 0 saturated carbocycles. The maximum atomic E-state index is 11.6. The second-order valence-electron chi connectivity index (χ2n) is 3.45. The number of halogens is 1. The molecule has 4 nitrogen and oxygen atoms in total. The normalized spacial score (nSPS) is 12.0. The van der Waals surface area contributed by atoms with E-state index in [1.54, 1.807) is 31.4 Å². The average molecular weight is 272 g/mol. The van der Waals surface area contributed by atoms with E-state index < -0.39 is 0 Å². The van der Waals surface area contributed by atoms with Crippen molar-refractivity contribution in [2.45, 2.75) is 13.0 Å². The van der Waals surface area contributed by atoms with Crippen LogP contribution in [0.1, 0.15) is 6.92 Å². The van der Waals surface area contributed by atoms with E-state index in [4.69, 9.17) is 0 Å². The predicted octanol–water partition coefficient (Wildman–Crippen LogP) is 1.73. The van der Waals surface area contributed by atoms with Crippen molar-refractivity contribution in [2.24, 2.45) is 0 Å². The summed E-state index contributed by atoms with van der Waals surface area (Å²) in [6, 6.07) is 1.57. The van der Waals surface area contributed by atoms with E-state index in [0.717, 1.165) is 10.2 Å². The lowest BCUT2D eigenvalue weighted by molar-refractivity contribution is -0.129. The van der Waals surface area contributed by atoms with E-state index in [9.17, 15) is 4.79 Å². The van der Waals surface area contributed by atoms with Crippen molar-refractivity contribution in [3.05, 3.63) is 22.9 Å². The Morgan fingerprint density at radius 3 is 2.80 bits per heavy atom. The second-order valence-corrected chi connectivity index (χ2v) is 4.31. The van der Waals surface area contributed by atoms with Gasteiger partial charge in [-0.25, -0.2) is 0 Å². The van der Waals surface area contributed by atoms with Crippen LogP contribution in [-0.4, -0.2) is 35.9 Å². The molecule has 0 aliphatic rings. The van der Waals surface area contributed by atoms with E-state index >= 15 is 0 Å². The topological polar surface area (TPSA) is 45.2 Å². The summed E-state index contributed by atoms with van der Waals surface area (Å²) in [6.45, 7) is 1.83. The van der Waals surface area contributed by atoms with Crippen molar-refractivity contribution in [1.82, 2.24) is 9.88 Å². The molecule has 15 heavy (non-hydrogen) atoms. The summed E-state index contributed by atoms with van der Waals surface area (Å²) < 4.78 is 0.850. The average Bonchev–Trinajstić information content (AvgIpc) is 2.20. The molecule has 82 valence electrons. The lowest BCUT2D eigenvalue weighted by Crippen LogP contribution is -2.36. The summed E-state index contributed by atoms with van der Waals surface area (Å²) in [6.07, 6.45) is 3.37. The largest absolute Gasteiger partial charge is 0.373 e.